The zero-order chi connectivity index (χ0) is 18.7. The van der Waals surface area contributed by atoms with E-state index >= 15 is 0 Å². The number of rotatable bonds is 5. The quantitative estimate of drug-likeness (QED) is 0.789. The molecule has 2 amide bonds. The van der Waals surface area contributed by atoms with Crippen molar-refractivity contribution in [2.45, 2.75) is 6.04 Å². The van der Waals surface area contributed by atoms with Crippen LogP contribution in [-0.4, -0.2) is 105 Å². The summed E-state index contributed by atoms with van der Waals surface area (Å²) in [5.74, 6) is -0.0131. The summed E-state index contributed by atoms with van der Waals surface area (Å²) in [7, 11) is 5.66. The van der Waals surface area contributed by atoms with Crippen LogP contribution in [0, 0.1) is 5.41 Å². The number of likely N-dealkylation sites (tertiary alicyclic amines) is 1. The minimum atomic E-state index is -0.310. The third kappa shape index (κ3) is 3.62. The fraction of sp³-hybridized carbons (Fsp3) is 0.667. The molecule has 0 bridgehead atoms. The lowest BCUT2D eigenvalue weighted by molar-refractivity contribution is -0.134. The van der Waals surface area contributed by atoms with Gasteiger partial charge in [0.1, 0.15) is 6.61 Å². The Morgan fingerprint density at radius 3 is 2.92 bits per heavy atom. The Kier molecular flexibility index (Phi) is 5.64. The monoisotopic (exact) mass is 364 g/mol. The minimum Gasteiger partial charge on any atom is -0.383 e. The number of hydrogen-bond donors (Lipinski definition) is 1. The SMILES string of the molecule is COCCN1C[C@]2(COCC1=O)CN(C(=O)c1cc[nH]c1)C[C@H]2N(C)C. The van der Waals surface area contributed by atoms with Crippen LogP contribution in [0.15, 0.2) is 18.5 Å². The van der Waals surface area contributed by atoms with Gasteiger partial charge >= 0.3 is 0 Å². The average molecular weight is 364 g/mol. The molecule has 3 rings (SSSR count). The lowest BCUT2D eigenvalue weighted by Crippen LogP contribution is -2.52. The first kappa shape index (κ1) is 18.9. The van der Waals surface area contributed by atoms with E-state index in [0.29, 0.717) is 45.0 Å². The van der Waals surface area contributed by atoms with Crippen molar-refractivity contribution in [3.63, 3.8) is 0 Å². The van der Waals surface area contributed by atoms with Gasteiger partial charge in [-0.05, 0) is 20.2 Å². The Morgan fingerprint density at radius 1 is 1.46 bits per heavy atom. The van der Waals surface area contributed by atoms with E-state index in [1.54, 1.807) is 25.6 Å². The van der Waals surface area contributed by atoms with Gasteiger partial charge in [0.25, 0.3) is 5.91 Å². The molecule has 0 aliphatic carbocycles. The minimum absolute atomic E-state index is 0.00832. The molecule has 1 aromatic rings. The van der Waals surface area contributed by atoms with Crippen LogP contribution in [0.1, 0.15) is 10.4 Å². The smallest absolute Gasteiger partial charge is 0.255 e. The summed E-state index contributed by atoms with van der Waals surface area (Å²) < 4.78 is 10.9. The number of amides is 2. The number of nitrogens with one attached hydrogen (secondary N) is 1. The van der Waals surface area contributed by atoms with Crippen LogP contribution >= 0.6 is 0 Å². The van der Waals surface area contributed by atoms with Crippen LogP contribution in [-0.2, 0) is 14.3 Å². The van der Waals surface area contributed by atoms with Gasteiger partial charge in [-0.2, -0.15) is 0 Å². The zero-order valence-electron chi connectivity index (χ0n) is 15.7. The Labute approximate surface area is 154 Å². The number of carbonyl (C=O) groups is 2. The highest BCUT2D eigenvalue weighted by atomic mass is 16.5. The predicted octanol–water partition coefficient (Wildman–Crippen LogP) is -0.108. The number of hydrogen-bond acceptors (Lipinski definition) is 5. The molecule has 2 aliphatic heterocycles. The Morgan fingerprint density at radius 2 is 2.27 bits per heavy atom. The molecule has 8 heteroatoms. The maximum atomic E-state index is 12.9. The highest BCUT2D eigenvalue weighted by molar-refractivity contribution is 5.94. The van der Waals surface area contributed by atoms with E-state index in [1.807, 2.05) is 23.9 Å². The van der Waals surface area contributed by atoms with Crippen LogP contribution in [0.25, 0.3) is 0 Å². The third-order valence-electron chi connectivity index (χ3n) is 5.40. The highest BCUT2D eigenvalue weighted by Crippen LogP contribution is 2.37. The molecule has 2 fully saturated rings. The molecule has 1 N–H and O–H groups in total. The fourth-order valence-electron chi connectivity index (χ4n) is 4.11. The molecule has 0 saturated carbocycles. The predicted molar refractivity (Wildman–Crippen MR) is 95.9 cm³/mol. The van der Waals surface area contributed by atoms with Gasteiger partial charge < -0.3 is 29.2 Å². The third-order valence-corrected chi connectivity index (χ3v) is 5.40. The topological polar surface area (TPSA) is 78.1 Å². The van der Waals surface area contributed by atoms with Gasteiger partial charge in [-0.3, -0.25) is 9.59 Å². The maximum absolute atomic E-state index is 12.9. The molecule has 3 heterocycles. The summed E-state index contributed by atoms with van der Waals surface area (Å²) in [4.78, 5) is 34.0. The van der Waals surface area contributed by atoms with Gasteiger partial charge in [-0.1, -0.05) is 0 Å². The van der Waals surface area contributed by atoms with E-state index in [1.165, 1.54) is 0 Å². The Bertz CT molecular complexity index is 633. The fourth-order valence-corrected chi connectivity index (χ4v) is 4.11. The Hall–Kier alpha value is -1.90. The molecule has 2 aliphatic rings. The summed E-state index contributed by atoms with van der Waals surface area (Å²) >= 11 is 0. The zero-order valence-corrected chi connectivity index (χ0v) is 15.7. The van der Waals surface area contributed by atoms with Gasteiger partial charge in [0.05, 0.1) is 18.8 Å². The number of aromatic amines is 1. The number of methoxy groups -OCH3 is 1. The molecule has 1 aromatic heterocycles. The van der Waals surface area contributed by atoms with Crippen molar-refractivity contribution in [3.05, 3.63) is 24.0 Å². The molecule has 2 atom stereocenters. The van der Waals surface area contributed by atoms with Gasteiger partial charge in [-0.25, -0.2) is 0 Å². The first-order valence-corrected chi connectivity index (χ1v) is 8.90. The molecular weight excluding hydrogens is 336 g/mol. The molecule has 144 valence electrons. The van der Waals surface area contributed by atoms with E-state index in [4.69, 9.17) is 9.47 Å². The van der Waals surface area contributed by atoms with Crippen molar-refractivity contribution in [2.24, 2.45) is 5.41 Å². The lowest BCUT2D eigenvalue weighted by atomic mass is 9.82. The second kappa shape index (κ2) is 7.77. The van der Waals surface area contributed by atoms with Crippen LogP contribution in [0.3, 0.4) is 0 Å². The number of H-pyrrole nitrogens is 1. The maximum Gasteiger partial charge on any atom is 0.255 e. The summed E-state index contributed by atoms with van der Waals surface area (Å²) in [5.41, 5.74) is 0.344. The van der Waals surface area contributed by atoms with Crippen molar-refractivity contribution < 1.29 is 19.1 Å². The van der Waals surface area contributed by atoms with Gasteiger partial charge in [0, 0.05) is 57.1 Å². The van der Waals surface area contributed by atoms with Gasteiger partial charge in [0.15, 0.2) is 0 Å². The Balaban J connectivity index is 1.84. The summed E-state index contributed by atoms with van der Waals surface area (Å²) in [6.45, 7) is 3.31. The lowest BCUT2D eigenvalue weighted by Gasteiger charge is -2.38. The normalized spacial score (nSPS) is 26.8. The molecule has 0 aromatic carbocycles. The highest BCUT2D eigenvalue weighted by Gasteiger charge is 2.51. The number of nitrogens with zero attached hydrogens (tertiary/aromatic N) is 3. The van der Waals surface area contributed by atoms with Crippen molar-refractivity contribution in [1.82, 2.24) is 19.7 Å². The summed E-state index contributed by atoms with van der Waals surface area (Å²) in [5, 5.41) is 0. The van der Waals surface area contributed by atoms with Crippen molar-refractivity contribution >= 4 is 11.8 Å². The van der Waals surface area contributed by atoms with E-state index in [0.717, 1.165) is 0 Å². The van der Waals surface area contributed by atoms with Crippen LogP contribution in [0.5, 0.6) is 0 Å². The molecule has 2 saturated heterocycles. The molecular formula is C18H28N4O4. The van der Waals surface area contributed by atoms with Crippen molar-refractivity contribution in [3.8, 4) is 0 Å². The molecule has 0 unspecified atom stereocenters. The number of carbonyl (C=O) groups excluding carboxylic acids is 2. The second-order valence-electron chi connectivity index (χ2n) is 7.43. The van der Waals surface area contributed by atoms with E-state index < -0.39 is 0 Å². The van der Waals surface area contributed by atoms with Crippen molar-refractivity contribution in [2.75, 3.05) is 67.2 Å². The summed E-state index contributed by atoms with van der Waals surface area (Å²) in [6.07, 6.45) is 3.47. The molecule has 0 radical (unpaired) electrons. The van der Waals surface area contributed by atoms with Gasteiger partial charge in [0.2, 0.25) is 5.91 Å². The standard InChI is InChI=1S/C18H28N4O4/c1-20(2)15-9-22(17(24)14-4-5-19-8-14)12-18(15)11-21(6-7-25-3)16(23)10-26-13-18/h4-5,8,15,19H,6-7,9-13H2,1-3H3/t15-,18-/m1/s1. The van der Waals surface area contributed by atoms with E-state index in [-0.39, 0.29) is 29.9 Å². The van der Waals surface area contributed by atoms with Crippen LogP contribution < -0.4 is 0 Å². The first-order valence-electron chi connectivity index (χ1n) is 8.90. The first-order chi connectivity index (χ1) is 12.5. The van der Waals surface area contributed by atoms with Crippen molar-refractivity contribution in [1.29, 1.82) is 0 Å². The average Bonchev–Trinajstić information content (AvgIpc) is 3.23. The number of likely N-dealkylation sites (N-methyl/N-ethyl adjacent to an activating group) is 1. The molecule has 8 nitrogen and oxygen atoms in total. The largest absolute Gasteiger partial charge is 0.383 e. The van der Waals surface area contributed by atoms with E-state index in [2.05, 4.69) is 9.88 Å². The number of aromatic nitrogens is 1. The molecule has 26 heavy (non-hydrogen) atoms. The van der Waals surface area contributed by atoms with E-state index in [9.17, 15) is 9.59 Å². The number of ether oxygens (including phenoxy) is 2. The summed E-state index contributed by atoms with van der Waals surface area (Å²) in [6, 6.07) is 1.90. The van der Waals surface area contributed by atoms with Crippen LogP contribution in [0.2, 0.25) is 0 Å². The second-order valence-corrected chi connectivity index (χ2v) is 7.43. The molecule has 1 spiro atoms. The van der Waals surface area contributed by atoms with Gasteiger partial charge in [-0.15, -0.1) is 0 Å². The van der Waals surface area contributed by atoms with Crippen LogP contribution in [0.4, 0.5) is 0 Å².